The van der Waals surface area contributed by atoms with E-state index in [1.165, 1.54) is 0 Å². The zero-order chi connectivity index (χ0) is 12.6. The third-order valence-corrected chi connectivity index (χ3v) is 5.86. The van der Waals surface area contributed by atoms with Crippen molar-refractivity contribution in [2.24, 2.45) is 5.92 Å². The molecule has 0 saturated carbocycles. The maximum atomic E-state index is 12.0. The summed E-state index contributed by atoms with van der Waals surface area (Å²) in [5.74, 6) is 0.894. The molecule has 2 atom stereocenters. The molecule has 0 aromatic rings. The Kier molecular flexibility index (Phi) is 3.80. The summed E-state index contributed by atoms with van der Waals surface area (Å²) in [6, 6.07) is 0.720. The summed E-state index contributed by atoms with van der Waals surface area (Å²) in [7, 11) is -3.00. The van der Waals surface area contributed by atoms with Crippen LogP contribution >= 0.6 is 0 Å². The van der Waals surface area contributed by atoms with E-state index in [0.717, 1.165) is 32.5 Å². The molecule has 17 heavy (non-hydrogen) atoms. The average molecular weight is 260 g/mol. The third-order valence-electron chi connectivity index (χ3n) is 3.96. The van der Waals surface area contributed by atoms with Crippen molar-refractivity contribution in [1.82, 2.24) is 9.21 Å². The summed E-state index contributed by atoms with van der Waals surface area (Å²) in [5, 5.41) is 0. The number of nitrogens with zero attached hydrogens (tertiary/aromatic N) is 2. The van der Waals surface area contributed by atoms with Gasteiger partial charge in [-0.2, -0.15) is 4.31 Å². The summed E-state index contributed by atoms with van der Waals surface area (Å²) >= 11 is 0. The van der Waals surface area contributed by atoms with Gasteiger partial charge in [-0.15, -0.1) is 0 Å². The first-order valence-electron chi connectivity index (χ1n) is 6.69. The molecule has 0 aliphatic carbocycles. The van der Waals surface area contributed by atoms with Crippen molar-refractivity contribution >= 4 is 10.0 Å². The Hall–Kier alpha value is -0.130. The van der Waals surface area contributed by atoms with Crippen LogP contribution in [0.2, 0.25) is 0 Å². The topological polar surface area (TPSA) is 40.6 Å². The summed E-state index contributed by atoms with van der Waals surface area (Å²) in [6.07, 6.45) is 2.02. The Morgan fingerprint density at radius 2 is 1.82 bits per heavy atom. The molecule has 0 bridgehead atoms. The Labute approximate surface area is 105 Å². The van der Waals surface area contributed by atoms with Crippen molar-refractivity contribution in [2.75, 3.05) is 25.4 Å². The first kappa shape index (κ1) is 13.3. The molecule has 2 rings (SSSR count). The van der Waals surface area contributed by atoms with E-state index in [9.17, 15) is 8.42 Å². The zero-order valence-electron chi connectivity index (χ0n) is 11.1. The molecule has 2 aliphatic rings. The van der Waals surface area contributed by atoms with E-state index < -0.39 is 10.0 Å². The molecule has 0 aromatic heterocycles. The molecular weight excluding hydrogens is 236 g/mol. The van der Waals surface area contributed by atoms with Gasteiger partial charge in [0.1, 0.15) is 0 Å². The quantitative estimate of drug-likeness (QED) is 0.761. The first-order valence-corrected chi connectivity index (χ1v) is 8.30. The number of rotatable bonds is 4. The lowest BCUT2D eigenvalue weighted by atomic mass is 10.1. The Bertz CT molecular complexity index is 367. The van der Waals surface area contributed by atoms with Gasteiger partial charge >= 0.3 is 0 Å². The Morgan fingerprint density at radius 1 is 1.18 bits per heavy atom. The highest BCUT2D eigenvalue weighted by molar-refractivity contribution is 7.89. The second kappa shape index (κ2) is 4.86. The molecule has 2 aliphatic heterocycles. The van der Waals surface area contributed by atoms with Crippen LogP contribution in [-0.4, -0.2) is 55.1 Å². The van der Waals surface area contributed by atoms with Crippen molar-refractivity contribution in [3.8, 4) is 0 Å². The van der Waals surface area contributed by atoms with E-state index in [4.69, 9.17) is 0 Å². The molecule has 2 saturated heterocycles. The molecule has 2 fully saturated rings. The fourth-order valence-corrected chi connectivity index (χ4v) is 4.62. The van der Waals surface area contributed by atoms with Gasteiger partial charge in [-0.25, -0.2) is 8.42 Å². The SMILES string of the molecule is CCS(=O)(=O)N1CC[C@H]2[C@H]1CCN2CC(C)C. The van der Waals surface area contributed by atoms with E-state index in [1.54, 1.807) is 11.2 Å². The van der Waals surface area contributed by atoms with Crippen LogP contribution in [-0.2, 0) is 10.0 Å². The van der Waals surface area contributed by atoms with Crippen molar-refractivity contribution < 1.29 is 8.42 Å². The number of hydrogen-bond donors (Lipinski definition) is 0. The van der Waals surface area contributed by atoms with Gasteiger partial charge < -0.3 is 0 Å². The number of hydrogen-bond acceptors (Lipinski definition) is 3. The molecular formula is C12H24N2O2S. The zero-order valence-corrected chi connectivity index (χ0v) is 11.9. The highest BCUT2D eigenvalue weighted by Crippen LogP contribution is 2.33. The van der Waals surface area contributed by atoms with Gasteiger partial charge in [0, 0.05) is 31.7 Å². The van der Waals surface area contributed by atoms with Crippen molar-refractivity contribution in [3.05, 3.63) is 0 Å². The predicted molar refractivity (Wildman–Crippen MR) is 69.4 cm³/mol. The van der Waals surface area contributed by atoms with Gasteiger partial charge in [0.25, 0.3) is 0 Å². The molecule has 100 valence electrons. The second-order valence-corrected chi connectivity index (χ2v) is 7.82. The van der Waals surface area contributed by atoms with Crippen LogP contribution in [0.15, 0.2) is 0 Å². The number of fused-ring (bicyclic) bond motifs is 1. The van der Waals surface area contributed by atoms with E-state index >= 15 is 0 Å². The van der Waals surface area contributed by atoms with Gasteiger partial charge in [-0.3, -0.25) is 4.90 Å². The van der Waals surface area contributed by atoms with Crippen LogP contribution in [0.3, 0.4) is 0 Å². The standard InChI is InChI=1S/C12H24N2O2S/c1-4-17(15,16)14-8-6-11-12(14)5-7-13(11)9-10(2)3/h10-12H,4-9H2,1-3H3/t11-,12+/m0/s1. The van der Waals surface area contributed by atoms with Gasteiger partial charge in [-0.1, -0.05) is 13.8 Å². The Morgan fingerprint density at radius 3 is 2.41 bits per heavy atom. The number of likely N-dealkylation sites (tertiary alicyclic amines) is 1. The minimum atomic E-state index is -3.00. The monoisotopic (exact) mass is 260 g/mol. The fourth-order valence-electron chi connectivity index (χ4n) is 3.24. The molecule has 0 spiro atoms. The lowest BCUT2D eigenvalue weighted by molar-refractivity contribution is 0.222. The van der Waals surface area contributed by atoms with Crippen LogP contribution in [0.5, 0.6) is 0 Å². The summed E-state index contributed by atoms with van der Waals surface area (Å²) in [5.41, 5.74) is 0. The first-order chi connectivity index (χ1) is 7.95. The maximum absolute atomic E-state index is 12.0. The molecule has 2 heterocycles. The van der Waals surface area contributed by atoms with Crippen molar-refractivity contribution in [2.45, 2.75) is 45.7 Å². The van der Waals surface area contributed by atoms with Crippen LogP contribution in [0.4, 0.5) is 0 Å². The Balaban J connectivity index is 2.07. The van der Waals surface area contributed by atoms with Crippen LogP contribution in [0.25, 0.3) is 0 Å². The summed E-state index contributed by atoms with van der Waals surface area (Å²) < 4.78 is 25.7. The van der Waals surface area contributed by atoms with Crippen molar-refractivity contribution in [3.63, 3.8) is 0 Å². The maximum Gasteiger partial charge on any atom is 0.214 e. The summed E-state index contributed by atoms with van der Waals surface area (Å²) in [4.78, 5) is 2.49. The number of sulfonamides is 1. The van der Waals surface area contributed by atoms with Crippen molar-refractivity contribution in [1.29, 1.82) is 0 Å². The lowest BCUT2D eigenvalue weighted by Gasteiger charge is -2.26. The molecule has 5 heteroatoms. The van der Waals surface area contributed by atoms with E-state index in [1.807, 2.05) is 0 Å². The molecule has 0 radical (unpaired) electrons. The third kappa shape index (κ3) is 2.51. The molecule has 0 amide bonds. The highest BCUT2D eigenvalue weighted by Gasteiger charge is 2.46. The molecule has 0 N–H and O–H groups in total. The van der Waals surface area contributed by atoms with E-state index in [0.29, 0.717) is 12.0 Å². The average Bonchev–Trinajstić information content (AvgIpc) is 2.80. The van der Waals surface area contributed by atoms with Gasteiger partial charge in [0.05, 0.1) is 5.75 Å². The second-order valence-electron chi connectivity index (χ2n) is 5.61. The normalized spacial score (nSPS) is 31.3. The highest BCUT2D eigenvalue weighted by atomic mass is 32.2. The largest absolute Gasteiger partial charge is 0.298 e. The van der Waals surface area contributed by atoms with Gasteiger partial charge in [0.15, 0.2) is 0 Å². The summed E-state index contributed by atoms with van der Waals surface area (Å²) in [6.45, 7) is 9.07. The van der Waals surface area contributed by atoms with Crippen LogP contribution in [0, 0.1) is 5.92 Å². The van der Waals surface area contributed by atoms with Crippen LogP contribution < -0.4 is 0 Å². The van der Waals surface area contributed by atoms with Gasteiger partial charge in [-0.05, 0) is 25.7 Å². The molecule has 0 unspecified atom stereocenters. The molecule has 4 nitrogen and oxygen atoms in total. The van der Waals surface area contributed by atoms with Gasteiger partial charge in [0.2, 0.25) is 10.0 Å². The fraction of sp³-hybridized carbons (Fsp3) is 1.00. The lowest BCUT2D eigenvalue weighted by Crippen LogP contribution is -2.41. The minimum Gasteiger partial charge on any atom is -0.298 e. The van der Waals surface area contributed by atoms with Crippen LogP contribution in [0.1, 0.15) is 33.6 Å². The van der Waals surface area contributed by atoms with E-state index in [2.05, 4.69) is 18.7 Å². The minimum absolute atomic E-state index is 0.237. The smallest absolute Gasteiger partial charge is 0.214 e. The van der Waals surface area contributed by atoms with E-state index in [-0.39, 0.29) is 11.8 Å². The molecule has 0 aromatic carbocycles. The predicted octanol–water partition coefficient (Wildman–Crippen LogP) is 1.14.